The summed E-state index contributed by atoms with van der Waals surface area (Å²) < 4.78 is 6.84. The predicted octanol–water partition coefficient (Wildman–Crippen LogP) is 4.45. The SMILES string of the molecule is CN(C)c1ccccc1NC1CCOc2ccc(Br)cc21. The molecular weight excluding hydrogens is 328 g/mol. The Morgan fingerprint density at radius 2 is 2.00 bits per heavy atom. The van der Waals surface area contributed by atoms with E-state index < -0.39 is 0 Å². The van der Waals surface area contributed by atoms with Crippen LogP contribution in [0.2, 0.25) is 0 Å². The first-order chi connectivity index (χ1) is 10.1. The molecule has 0 aromatic heterocycles. The van der Waals surface area contributed by atoms with Crippen LogP contribution in [0.1, 0.15) is 18.0 Å². The first-order valence-electron chi connectivity index (χ1n) is 7.10. The Labute approximate surface area is 134 Å². The summed E-state index contributed by atoms with van der Waals surface area (Å²) in [6.45, 7) is 0.746. The van der Waals surface area contributed by atoms with Crippen molar-refractivity contribution in [3.63, 3.8) is 0 Å². The van der Waals surface area contributed by atoms with Gasteiger partial charge in [0.2, 0.25) is 0 Å². The Balaban J connectivity index is 1.92. The van der Waals surface area contributed by atoms with Crippen LogP contribution >= 0.6 is 15.9 Å². The third-order valence-electron chi connectivity index (χ3n) is 3.73. The van der Waals surface area contributed by atoms with Gasteiger partial charge >= 0.3 is 0 Å². The highest BCUT2D eigenvalue weighted by Crippen LogP contribution is 2.37. The van der Waals surface area contributed by atoms with E-state index in [4.69, 9.17) is 4.74 Å². The largest absolute Gasteiger partial charge is 0.493 e. The van der Waals surface area contributed by atoms with Gasteiger partial charge in [-0.15, -0.1) is 0 Å². The number of nitrogens with zero attached hydrogens (tertiary/aromatic N) is 1. The molecule has 0 fully saturated rings. The molecule has 1 N–H and O–H groups in total. The van der Waals surface area contributed by atoms with Gasteiger partial charge in [0.1, 0.15) is 5.75 Å². The van der Waals surface area contributed by atoms with Crippen LogP contribution in [-0.2, 0) is 0 Å². The number of rotatable bonds is 3. The summed E-state index contributed by atoms with van der Waals surface area (Å²) >= 11 is 3.55. The molecule has 0 radical (unpaired) electrons. The van der Waals surface area contributed by atoms with E-state index in [1.807, 2.05) is 12.1 Å². The molecule has 1 heterocycles. The van der Waals surface area contributed by atoms with Gasteiger partial charge in [0.25, 0.3) is 0 Å². The third-order valence-corrected chi connectivity index (χ3v) is 4.22. The zero-order chi connectivity index (χ0) is 14.8. The summed E-state index contributed by atoms with van der Waals surface area (Å²) in [7, 11) is 4.13. The second-order valence-electron chi connectivity index (χ2n) is 5.43. The van der Waals surface area contributed by atoms with Crippen molar-refractivity contribution in [2.24, 2.45) is 0 Å². The minimum atomic E-state index is 0.271. The van der Waals surface area contributed by atoms with Crippen LogP contribution in [0.15, 0.2) is 46.9 Å². The average molecular weight is 347 g/mol. The normalized spacial score (nSPS) is 16.8. The molecule has 21 heavy (non-hydrogen) atoms. The van der Waals surface area contributed by atoms with Gasteiger partial charge in [-0.25, -0.2) is 0 Å². The third kappa shape index (κ3) is 3.00. The summed E-state index contributed by atoms with van der Waals surface area (Å²) in [5, 5.41) is 3.67. The molecule has 0 spiro atoms. The molecule has 0 amide bonds. The molecule has 1 atom stereocenters. The highest BCUT2D eigenvalue weighted by atomic mass is 79.9. The van der Waals surface area contributed by atoms with E-state index in [0.29, 0.717) is 0 Å². The standard InChI is InChI=1S/C17H19BrN2O/c1-20(2)16-6-4-3-5-15(16)19-14-9-10-21-17-8-7-12(18)11-13(14)17/h3-8,11,14,19H,9-10H2,1-2H3. The lowest BCUT2D eigenvalue weighted by Crippen LogP contribution is -2.21. The van der Waals surface area contributed by atoms with Gasteiger partial charge in [0.05, 0.1) is 24.0 Å². The van der Waals surface area contributed by atoms with E-state index in [9.17, 15) is 0 Å². The number of para-hydroxylation sites is 2. The molecular formula is C17H19BrN2O. The van der Waals surface area contributed by atoms with Gasteiger partial charge in [0.15, 0.2) is 0 Å². The van der Waals surface area contributed by atoms with Gasteiger partial charge < -0.3 is 15.0 Å². The Hall–Kier alpha value is -1.68. The number of anilines is 2. The smallest absolute Gasteiger partial charge is 0.124 e. The molecule has 2 aromatic carbocycles. The zero-order valence-electron chi connectivity index (χ0n) is 12.3. The molecule has 1 aliphatic heterocycles. The van der Waals surface area contributed by atoms with Crippen molar-refractivity contribution in [2.75, 3.05) is 30.9 Å². The van der Waals surface area contributed by atoms with Crippen molar-refractivity contribution in [1.82, 2.24) is 0 Å². The van der Waals surface area contributed by atoms with Crippen LogP contribution in [-0.4, -0.2) is 20.7 Å². The molecule has 0 saturated carbocycles. The lowest BCUT2D eigenvalue weighted by molar-refractivity contribution is 0.274. The molecule has 3 rings (SSSR count). The number of hydrogen-bond acceptors (Lipinski definition) is 3. The van der Waals surface area contributed by atoms with Crippen LogP contribution in [0.4, 0.5) is 11.4 Å². The zero-order valence-corrected chi connectivity index (χ0v) is 13.9. The molecule has 1 unspecified atom stereocenters. The van der Waals surface area contributed by atoms with E-state index >= 15 is 0 Å². The minimum Gasteiger partial charge on any atom is -0.493 e. The van der Waals surface area contributed by atoms with Crippen LogP contribution < -0.4 is 15.0 Å². The highest BCUT2D eigenvalue weighted by Gasteiger charge is 2.22. The Bertz CT molecular complexity index is 642. The van der Waals surface area contributed by atoms with Crippen LogP contribution in [0.3, 0.4) is 0 Å². The van der Waals surface area contributed by atoms with Crippen LogP contribution in [0, 0.1) is 0 Å². The molecule has 2 aromatic rings. The minimum absolute atomic E-state index is 0.271. The second-order valence-corrected chi connectivity index (χ2v) is 6.34. The molecule has 110 valence electrons. The Morgan fingerprint density at radius 1 is 1.19 bits per heavy atom. The number of fused-ring (bicyclic) bond motifs is 1. The Kier molecular flexibility index (Phi) is 4.06. The number of halogens is 1. The van der Waals surface area contributed by atoms with Crippen molar-refractivity contribution < 1.29 is 4.74 Å². The van der Waals surface area contributed by atoms with Gasteiger partial charge in [-0.3, -0.25) is 0 Å². The fourth-order valence-electron chi connectivity index (χ4n) is 2.69. The van der Waals surface area contributed by atoms with Crippen molar-refractivity contribution in [2.45, 2.75) is 12.5 Å². The number of hydrogen-bond donors (Lipinski definition) is 1. The summed E-state index contributed by atoms with van der Waals surface area (Å²) in [5.41, 5.74) is 3.56. The summed E-state index contributed by atoms with van der Waals surface area (Å²) in [4.78, 5) is 2.13. The molecule has 3 nitrogen and oxygen atoms in total. The van der Waals surface area contributed by atoms with Gasteiger partial charge in [0, 0.05) is 30.6 Å². The fourth-order valence-corrected chi connectivity index (χ4v) is 3.07. The van der Waals surface area contributed by atoms with E-state index in [-0.39, 0.29) is 6.04 Å². The summed E-state index contributed by atoms with van der Waals surface area (Å²) in [6.07, 6.45) is 0.964. The molecule has 0 aliphatic carbocycles. The monoisotopic (exact) mass is 346 g/mol. The highest BCUT2D eigenvalue weighted by molar-refractivity contribution is 9.10. The van der Waals surface area contributed by atoms with Crippen molar-refractivity contribution in [3.05, 3.63) is 52.5 Å². The second kappa shape index (κ2) is 5.98. The van der Waals surface area contributed by atoms with Crippen LogP contribution in [0.5, 0.6) is 5.75 Å². The maximum absolute atomic E-state index is 5.75. The number of nitrogens with one attached hydrogen (secondary N) is 1. The maximum Gasteiger partial charge on any atom is 0.124 e. The van der Waals surface area contributed by atoms with E-state index in [1.165, 1.54) is 11.3 Å². The molecule has 0 bridgehead atoms. The van der Waals surface area contributed by atoms with Crippen LogP contribution in [0.25, 0.3) is 0 Å². The van der Waals surface area contributed by atoms with E-state index in [1.54, 1.807) is 0 Å². The van der Waals surface area contributed by atoms with Gasteiger partial charge in [-0.2, -0.15) is 0 Å². The maximum atomic E-state index is 5.75. The lowest BCUT2D eigenvalue weighted by Gasteiger charge is -2.29. The number of benzene rings is 2. The van der Waals surface area contributed by atoms with Crippen molar-refractivity contribution in [1.29, 1.82) is 0 Å². The van der Waals surface area contributed by atoms with Gasteiger partial charge in [-0.05, 0) is 30.3 Å². The fraction of sp³-hybridized carbons (Fsp3) is 0.294. The average Bonchev–Trinajstić information content (AvgIpc) is 2.48. The van der Waals surface area contributed by atoms with Crippen molar-refractivity contribution in [3.8, 4) is 5.75 Å². The molecule has 4 heteroatoms. The Morgan fingerprint density at radius 3 is 2.81 bits per heavy atom. The first kappa shape index (κ1) is 14.3. The molecule has 1 aliphatic rings. The van der Waals surface area contributed by atoms with Crippen molar-refractivity contribution >= 4 is 27.3 Å². The van der Waals surface area contributed by atoms with E-state index in [0.717, 1.165) is 28.9 Å². The first-order valence-corrected chi connectivity index (χ1v) is 7.89. The molecule has 0 saturated heterocycles. The topological polar surface area (TPSA) is 24.5 Å². The number of ether oxygens (including phenoxy) is 1. The summed E-state index contributed by atoms with van der Waals surface area (Å²) in [5.74, 6) is 0.976. The lowest BCUT2D eigenvalue weighted by atomic mass is 10.00. The predicted molar refractivity (Wildman–Crippen MR) is 91.4 cm³/mol. The quantitative estimate of drug-likeness (QED) is 0.888. The van der Waals surface area contributed by atoms with Gasteiger partial charge in [-0.1, -0.05) is 28.1 Å². The van der Waals surface area contributed by atoms with E-state index in [2.05, 4.69) is 70.6 Å². The summed E-state index contributed by atoms with van der Waals surface area (Å²) in [6, 6.07) is 14.9.